The Balaban J connectivity index is 1.51. The van der Waals surface area contributed by atoms with E-state index in [4.69, 9.17) is 16.3 Å². The van der Waals surface area contributed by atoms with Crippen LogP contribution in [0.4, 0.5) is 5.69 Å². The molecule has 1 fully saturated rings. The number of hydrogen-bond donors (Lipinski definition) is 2. The standard InChI is InChI=1S/C21H23ClN4O2/c1-28-21(27)20(14-4-6-16(22)7-5-14)26-10-2-3-18(13-26)24-17-8-9-19-15(11-17)12-23-25-19/h4-9,11-12,18,20,24H,2-3,10,13H2,1H3,(H,23,25). The van der Waals surface area contributed by atoms with E-state index in [0.717, 1.165) is 48.1 Å². The normalized spacial score (nSPS) is 18.7. The first-order valence-corrected chi connectivity index (χ1v) is 9.79. The SMILES string of the molecule is COC(=O)C(c1ccc(Cl)cc1)N1CCCC(Nc2ccc3[nH]ncc3c2)C1. The zero-order chi connectivity index (χ0) is 19.5. The number of H-pyrrole nitrogens is 1. The largest absolute Gasteiger partial charge is 0.468 e. The first-order chi connectivity index (χ1) is 13.6. The van der Waals surface area contributed by atoms with E-state index in [-0.39, 0.29) is 12.0 Å². The molecule has 0 bridgehead atoms. The lowest BCUT2D eigenvalue weighted by atomic mass is 9.99. The van der Waals surface area contributed by atoms with Gasteiger partial charge in [0.1, 0.15) is 6.04 Å². The van der Waals surface area contributed by atoms with Gasteiger partial charge in [-0.25, -0.2) is 4.79 Å². The molecule has 1 aromatic heterocycles. The maximum atomic E-state index is 12.6. The third kappa shape index (κ3) is 3.98. The van der Waals surface area contributed by atoms with Crippen molar-refractivity contribution in [1.29, 1.82) is 0 Å². The Hall–Kier alpha value is -2.57. The number of likely N-dealkylation sites (tertiary alicyclic amines) is 1. The lowest BCUT2D eigenvalue weighted by Crippen LogP contribution is -2.46. The molecule has 0 amide bonds. The monoisotopic (exact) mass is 398 g/mol. The lowest BCUT2D eigenvalue weighted by molar-refractivity contribution is -0.147. The summed E-state index contributed by atoms with van der Waals surface area (Å²) in [6.07, 6.45) is 3.88. The highest BCUT2D eigenvalue weighted by atomic mass is 35.5. The smallest absolute Gasteiger partial charge is 0.327 e. The molecule has 6 nitrogen and oxygen atoms in total. The van der Waals surface area contributed by atoms with Crippen molar-refractivity contribution in [2.75, 3.05) is 25.5 Å². The second-order valence-electron chi connectivity index (χ2n) is 7.13. The lowest BCUT2D eigenvalue weighted by Gasteiger charge is -2.37. The van der Waals surface area contributed by atoms with Crippen molar-refractivity contribution in [2.24, 2.45) is 0 Å². The molecule has 2 atom stereocenters. The minimum atomic E-state index is -0.428. The number of nitrogens with zero attached hydrogens (tertiary/aromatic N) is 2. The molecule has 2 heterocycles. The Morgan fingerprint density at radius 3 is 2.93 bits per heavy atom. The Kier molecular flexibility index (Phi) is 5.50. The Morgan fingerprint density at radius 2 is 2.14 bits per heavy atom. The van der Waals surface area contributed by atoms with Gasteiger partial charge in [-0.1, -0.05) is 23.7 Å². The summed E-state index contributed by atoms with van der Waals surface area (Å²) in [6.45, 7) is 1.60. The summed E-state index contributed by atoms with van der Waals surface area (Å²) in [5.74, 6) is -0.247. The summed E-state index contributed by atoms with van der Waals surface area (Å²) < 4.78 is 5.10. The molecule has 4 rings (SSSR count). The zero-order valence-electron chi connectivity index (χ0n) is 15.7. The van der Waals surface area contributed by atoms with Crippen molar-refractivity contribution in [3.63, 3.8) is 0 Å². The van der Waals surface area contributed by atoms with E-state index in [1.54, 1.807) is 0 Å². The number of hydrogen-bond acceptors (Lipinski definition) is 5. The first-order valence-electron chi connectivity index (χ1n) is 9.41. The number of nitrogens with one attached hydrogen (secondary N) is 2. The summed E-state index contributed by atoms with van der Waals surface area (Å²) in [5, 5.41) is 12.4. The molecule has 1 aliphatic rings. The van der Waals surface area contributed by atoms with Crippen LogP contribution in [-0.4, -0.2) is 47.3 Å². The molecular formula is C21H23ClN4O2. The van der Waals surface area contributed by atoms with E-state index < -0.39 is 6.04 Å². The average Bonchev–Trinajstić information content (AvgIpc) is 3.18. The van der Waals surface area contributed by atoms with Crippen LogP contribution < -0.4 is 5.32 Å². The van der Waals surface area contributed by atoms with Gasteiger partial charge in [-0.2, -0.15) is 5.10 Å². The maximum absolute atomic E-state index is 12.6. The summed E-state index contributed by atoms with van der Waals surface area (Å²) in [4.78, 5) is 14.7. The van der Waals surface area contributed by atoms with Crippen LogP contribution >= 0.6 is 11.6 Å². The van der Waals surface area contributed by atoms with Crippen molar-refractivity contribution in [3.8, 4) is 0 Å². The third-order valence-corrected chi connectivity index (χ3v) is 5.49. The minimum Gasteiger partial charge on any atom is -0.468 e. The molecule has 0 aliphatic carbocycles. The first kappa shape index (κ1) is 18.8. The molecule has 146 valence electrons. The van der Waals surface area contributed by atoms with E-state index in [2.05, 4.69) is 32.5 Å². The van der Waals surface area contributed by atoms with Crippen LogP contribution in [0.3, 0.4) is 0 Å². The highest BCUT2D eigenvalue weighted by molar-refractivity contribution is 6.30. The van der Waals surface area contributed by atoms with E-state index >= 15 is 0 Å². The highest BCUT2D eigenvalue weighted by Crippen LogP contribution is 2.28. The van der Waals surface area contributed by atoms with Gasteiger partial charge in [0.2, 0.25) is 0 Å². The van der Waals surface area contributed by atoms with Gasteiger partial charge >= 0.3 is 5.97 Å². The molecular weight excluding hydrogens is 376 g/mol. The number of methoxy groups -OCH3 is 1. The van der Waals surface area contributed by atoms with Gasteiger partial charge in [0.05, 0.1) is 18.8 Å². The molecule has 2 unspecified atom stereocenters. The highest BCUT2D eigenvalue weighted by Gasteiger charge is 2.32. The zero-order valence-corrected chi connectivity index (χ0v) is 16.4. The number of ether oxygens (including phenoxy) is 1. The van der Waals surface area contributed by atoms with Gasteiger partial charge in [-0.3, -0.25) is 10.00 Å². The summed E-state index contributed by atoms with van der Waals surface area (Å²) >= 11 is 6.02. The van der Waals surface area contributed by atoms with Gasteiger partial charge in [0.25, 0.3) is 0 Å². The van der Waals surface area contributed by atoms with Gasteiger partial charge < -0.3 is 10.1 Å². The predicted molar refractivity (Wildman–Crippen MR) is 111 cm³/mol. The number of aromatic nitrogens is 2. The van der Waals surface area contributed by atoms with Crippen LogP contribution in [-0.2, 0) is 9.53 Å². The molecule has 2 aromatic carbocycles. The average molecular weight is 399 g/mol. The topological polar surface area (TPSA) is 70.2 Å². The van der Waals surface area contributed by atoms with Crippen LogP contribution in [0.15, 0.2) is 48.7 Å². The molecule has 0 spiro atoms. The van der Waals surface area contributed by atoms with Crippen LogP contribution in [0, 0.1) is 0 Å². The second-order valence-corrected chi connectivity index (χ2v) is 7.56. The molecule has 2 N–H and O–H groups in total. The Labute approximate surface area is 168 Å². The molecule has 1 saturated heterocycles. The van der Waals surface area contributed by atoms with Crippen LogP contribution in [0.2, 0.25) is 5.02 Å². The number of fused-ring (bicyclic) bond motifs is 1. The minimum absolute atomic E-state index is 0.247. The van der Waals surface area contributed by atoms with Crippen LogP contribution in [0.5, 0.6) is 0 Å². The number of aromatic amines is 1. The van der Waals surface area contributed by atoms with E-state index in [9.17, 15) is 4.79 Å². The van der Waals surface area contributed by atoms with Crippen LogP contribution in [0.25, 0.3) is 10.9 Å². The maximum Gasteiger partial charge on any atom is 0.327 e. The third-order valence-electron chi connectivity index (χ3n) is 5.24. The van der Waals surface area contributed by atoms with Gasteiger partial charge in [0.15, 0.2) is 0 Å². The van der Waals surface area contributed by atoms with E-state index in [0.29, 0.717) is 5.02 Å². The van der Waals surface area contributed by atoms with Gasteiger partial charge in [-0.15, -0.1) is 0 Å². The molecule has 0 saturated carbocycles. The fourth-order valence-corrected chi connectivity index (χ4v) is 4.01. The second kappa shape index (κ2) is 8.20. The predicted octanol–water partition coefficient (Wildman–Crippen LogP) is 4.01. The van der Waals surface area contributed by atoms with Gasteiger partial charge in [0, 0.05) is 28.7 Å². The number of rotatable bonds is 5. The van der Waals surface area contributed by atoms with Crippen molar-refractivity contribution < 1.29 is 9.53 Å². The summed E-state index contributed by atoms with van der Waals surface area (Å²) in [7, 11) is 1.44. The Morgan fingerprint density at radius 1 is 1.32 bits per heavy atom. The number of carbonyl (C=O) groups excluding carboxylic acids is 1. The molecule has 1 aliphatic heterocycles. The summed E-state index contributed by atoms with van der Waals surface area (Å²) in [6, 6.07) is 13.4. The number of anilines is 1. The molecule has 28 heavy (non-hydrogen) atoms. The van der Waals surface area contributed by atoms with Crippen molar-refractivity contribution in [3.05, 3.63) is 59.2 Å². The number of benzene rings is 2. The number of carbonyl (C=O) groups is 1. The van der Waals surface area contributed by atoms with Crippen molar-refractivity contribution in [2.45, 2.75) is 24.9 Å². The van der Waals surface area contributed by atoms with Gasteiger partial charge in [-0.05, 0) is 55.3 Å². The van der Waals surface area contributed by atoms with E-state index in [1.165, 1.54) is 7.11 Å². The molecule has 0 radical (unpaired) electrons. The van der Waals surface area contributed by atoms with Crippen LogP contribution in [0.1, 0.15) is 24.4 Å². The van der Waals surface area contributed by atoms with Crippen molar-refractivity contribution in [1.82, 2.24) is 15.1 Å². The fraction of sp³-hybridized carbons (Fsp3) is 0.333. The quantitative estimate of drug-likeness (QED) is 0.635. The Bertz CT molecular complexity index is 956. The fourth-order valence-electron chi connectivity index (χ4n) is 3.88. The van der Waals surface area contributed by atoms with E-state index in [1.807, 2.05) is 36.5 Å². The molecule has 7 heteroatoms. The number of esters is 1. The number of halogens is 1. The van der Waals surface area contributed by atoms with Crippen molar-refractivity contribution >= 4 is 34.2 Å². The molecule has 3 aromatic rings. The summed E-state index contributed by atoms with van der Waals surface area (Å²) in [5.41, 5.74) is 2.97. The number of piperidine rings is 1.